The second-order valence-corrected chi connectivity index (χ2v) is 13.7. The number of alkyl halides is 3. The summed E-state index contributed by atoms with van der Waals surface area (Å²) in [4.78, 5) is 58.2. The number of hydrazine groups is 1. The number of carbonyl (C=O) groups is 1. The van der Waals surface area contributed by atoms with Crippen molar-refractivity contribution in [1.82, 2.24) is 34.9 Å². The number of nitrogens with one attached hydrogen (secondary N) is 3. The van der Waals surface area contributed by atoms with E-state index in [4.69, 9.17) is 63.7 Å². The Labute approximate surface area is 366 Å². The highest BCUT2D eigenvalue weighted by atomic mass is 35.5. The average Bonchev–Trinajstić information content (AvgIpc) is 3.58. The van der Waals surface area contributed by atoms with Crippen molar-refractivity contribution in [3.05, 3.63) is 160 Å². The zero-order valence-electron chi connectivity index (χ0n) is 30.9. The van der Waals surface area contributed by atoms with E-state index in [2.05, 4.69) is 40.2 Å². The molecule has 6 heterocycles. The first-order valence-electron chi connectivity index (χ1n) is 16.5. The predicted octanol–water partition coefficient (Wildman–Crippen LogP) is 10.5. The molecule has 6 aromatic heterocycles. The molecule has 316 valence electrons. The smallest absolute Gasteiger partial charge is 0.399 e. The van der Waals surface area contributed by atoms with Gasteiger partial charge in [-0.25, -0.2) is 40.0 Å². The van der Waals surface area contributed by atoms with Crippen molar-refractivity contribution >= 4 is 97.7 Å². The molecule has 0 aliphatic carbocycles. The number of imidazole rings is 1. The van der Waals surface area contributed by atoms with Crippen LogP contribution in [0.3, 0.4) is 0 Å². The summed E-state index contributed by atoms with van der Waals surface area (Å²) in [5.41, 5.74) is 9.80. The topological polar surface area (TPSA) is 247 Å². The number of halogens is 8. The summed E-state index contributed by atoms with van der Waals surface area (Å²) in [6.45, 7) is 2.96. The second kappa shape index (κ2) is 21.2. The zero-order chi connectivity index (χ0) is 45.0. The number of aromatic amines is 1. The molecule has 0 radical (unpaired) electrons. The summed E-state index contributed by atoms with van der Waals surface area (Å²) < 4.78 is 38.4. The van der Waals surface area contributed by atoms with E-state index in [0.717, 1.165) is 18.3 Å². The van der Waals surface area contributed by atoms with E-state index in [0.29, 0.717) is 55.2 Å². The SMILES string of the molecule is Cc1cc(Cl)ncc1[N+](=O)[O-].Cc1nc(C(F)(F)F)ccc1C(=O)Nc1ccc(Cl)c(-c2nc3cc(Cl)ncc3[nH]2)c1.Nc1ccnc(Cl)c1.O=[N+]([O-])Nc1ccnc(Cl)c1. The third-order valence-electron chi connectivity index (χ3n) is 7.38. The maximum atomic E-state index is 12.8. The molecule has 0 saturated heterocycles. The Morgan fingerprint density at radius 3 is 1.98 bits per heavy atom. The van der Waals surface area contributed by atoms with E-state index in [9.17, 15) is 38.2 Å². The van der Waals surface area contributed by atoms with Gasteiger partial charge in [-0.3, -0.25) is 14.9 Å². The fraction of sp³-hybridized carbons (Fsp3) is 0.0833. The molecule has 0 aliphatic rings. The summed E-state index contributed by atoms with van der Waals surface area (Å²) in [7, 11) is 0. The minimum atomic E-state index is -4.59. The highest BCUT2D eigenvalue weighted by Crippen LogP contribution is 2.32. The van der Waals surface area contributed by atoms with Gasteiger partial charge in [-0.05, 0) is 68.4 Å². The fourth-order valence-corrected chi connectivity index (χ4v) is 5.58. The van der Waals surface area contributed by atoms with Crippen LogP contribution in [-0.2, 0) is 6.18 Å². The van der Waals surface area contributed by atoms with Crippen LogP contribution in [0.25, 0.3) is 22.4 Å². The highest BCUT2D eigenvalue weighted by Gasteiger charge is 2.33. The Morgan fingerprint density at radius 2 is 1.41 bits per heavy atom. The third-order valence-corrected chi connectivity index (χ3v) is 8.53. The number of hydrogen-bond acceptors (Lipinski definition) is 12. The van der Waals surface area contributed by atoms with E-state index < -0.39 is 27.7 Å². The van der Waals surface area contributed by atoms with E-state index in [1.807, 2.05) is 5.43 Å². The van der Waals surface area contributed by atoms with E-state index in [1.54, 1.807) is 49.5 Å². The molecular weight excluding hydrogens is 915 g/mol. The van der Waals surface area contributed by atoms with Crippen molar-refractivity contribution < 1.29 is 27.9 Å². The summed E-state index contributed by atoms with van der Waals surface area (Å²) >= 11 is 28.6. The predicted molar refractivity (Wildman–Crippen MR) is 225 cm³/mol. The number of aryl methyl sites for hydroxylation is 2. The van der Waals surface area contributed by atoms with Crippen LogP contribution in [0.5, 0.6) is 0 Å². The number of anilines is 3. The number of benzene rings is 1. The molecule has 7 aromatic rings. The van der Waals surface area contributed by atoms with Crippen LogP contribution >= 0.6 is 58.0 Å². The number of pyridine rings is 5. The van der Waals surface area contributed by atoms with Gasteiger partial charge in [0.25, 0.3) is 11.6 Å². The summed E-state index contributed by atoms with van der Waals surface area (Å²) in [5, 5.41) is 23.7. The number of nitrogens with zero attached hydrogens (tertiary/aromatic N) is 8. The first-order chi connectivity index (χ1) is 28.7. The lowest BCUT2D eigenvalue weighted by Gasteiger charge is -2.11. The minimum Gasteiger partial charge on any atom is -0.399 e. The number of hydrogen-bond donors (Lipinski definition) is 4. The molecule has 1 aromatic carbocycles. The van der Waals surface area contributed by atoms with Gasteiger partial charge in [-0.2, -0.15) is 13.2 Å². The molecule has 1 amide bonds. The van der Waals surface area contributed by atoms with Crippen molar-refractivity contribution in [3.8, 4) is 11.4 Å². The number of aromatic nitrogens is 7. The molecule has 25 heteroatoms. The van der Waals surface area contributed by atoms with Gasteiger partial charge in [0, 0.05) is 47.0 Å². The quantitative estimate of drug-likeness (QED) is 0.0689. The number of fused-ring (bicyclic) bond motifs is 1. The molecule has 0 fully saturated rings. The van der Waals surface area contributed by atoms with Gasteiger partial charge in [-0.1, -0.05) is 58.0 Å². The maximum Gasteiger partial charge on any atom is 0.433 e. The largest absolute Gasteiger partial charge is 0.433 e. The minimum absolute atomic E-state index is 0.00519. The Bertz CT molecular complexity index is 2690. The van der Waals surface area contributed by atoms with Crippen molar-refractivity contribution in [3.63, 3.8) is 0 Å². The second-order valence-electron chi connectivity index (χ2n) is 11.8. The van der Waals surface area contributed by atoms with Crippen LogP contribution in [0, 0.1) is 34.1 Å². The van der Waals surface area contributed by atoms with Gasteiger partial charge >= 0.3 is 6.18 Å². The molecule has 61 heavy (non-hydrogen) atoms. The Kier molecular flexibility index (Phi) is 16.4. The van der Waals surface area contributed by atoms with E-state index >= 15 is 0 Å². The summed E-state index contributed by atoms with van der Waals surface area (Å²) in [5.74, 6) is -0.167. The molecule has 0 atom stereocenters. The number of nitrogen functional groups attached to an aromatic ring is 1. The molecule has 0 unspecified atom stereocenters. The number of amides is 1. The lowest BCUT2D eigenvalue weighted by atomic mass is 10.1. The van der Waals surface area contributed by atoms with Gasteiger partial charge in [-0.15, -0.1) is 5.43 Å². The first kappa shape index (κ1) is 47.2. The van der Waals surface area contributed by atoms with Crippen LogP contribution in [0.2, 0.25) is 25.6 Å². The fourth-order valence-electron chi connectivity index (χ4n) is 4.65. The third kappa shape index (κ3) is 14.4. The Balaban J connectivity index is 0.000000221. The maximum absolute atomic E-state index is 12.8. The molecular formula is C36H26Cl5F3N12O5. The number of nitrogens with two attached hydrogens (primary N) is 1. The number of rotatable bonds is 6. The molecule has 0 saturated carbocycles. The van der Waals surface area contributed by atoms with E-state index in [1.165, 1.54) is 37.5 Å². The number of H-pyrrole nitrogens is 1. The molecule has 0 aliphatic heterocycles. The van der Waals surface area contributed by atoms with E-state index in [-0.39, 0.29) is 32.4 Å². The van der Waals surface area contributed by atoms with Crippen molar-refractivity contribution in [2.24, 2.45) is 0 Å². The average molecular weight is 941 g/mol. The lowest BCUT2D eigenvalue weighted by Crippen LogP contribution is -2.16. The van der Waals surface area contributed by atoms with Gasteiger partial charge < -0.3 is 16.0 Å². The molecule has 0 spiro atoms. The van der Waals surface area contributed by atoms with Crippen LogP contribution < -0.4 is 16.5 Å². The molecule has 5 N–H and O–H groups in total. The van der Waals surface area contributed by atoms with Crippen LogP contribution in [0.15, 0.2) is 91.5 Å². The van der Waals surface area contributed by atoms with Gasteiger partial charge in [0.15, 0.2) is 5.03 Å². The number of nitro groups is 2. The first-order valence-corrected chi connectivity index (χ1v) is 18.4. The standard InChI is InChI=1S/C20H12Cl2F3N5O.C6H5ClN2O2.C5H4ClN3O2.C5H5ClN2/c1-9-11(3-5-16(27-9)20(23,24)25)19(31)28-10-2-4-13(21)12(6-10)18-29-14-7-17(22)26-8-15(14)30-18;1-4-2-6(7)8-3-5(4)9(10)11;6-5-3-4(1-2-7-5)8-9(10)11;6-5-3-4(7)1-2-8-5/h2-8H,1H3,(H,28,31)(H,29,30);2-3H,1H3;1-3H,(H,7,8);1-3H,(H2,7,8). The lowest BCUT2D eigenvalue weighted by molar-refractivity contribution is -0.445. The zero-order valence-corrected chi connectivity index (χ0v) is 34.7. The van der Waals surface area contributed by atoms with Crippen LogP contribution in [0.1, 0.15) is 27.3 Å². The highest BCUT2D eigenvalue weighted by molar-refractivity contribution is 6.33. The van der Waals surface area contributed by atoms with Crippen molar-refractivity contribution in [1.29, 1.82) is 0 Å². The summed E-state index contributed by atoms with van der Waals surface area (Å²) in [6, 6.07) is 15.7. The van der Waals surface area contributed by atoms with Gasteiger partial charge in [0.05, 0.1) is 38.4 Å². The Morgan fingerprint density at radius 1 is 0.770 bits per heavy atom. The van der Waals surface area contributed by atoms with Gasteiger partial charge in [0.2, 0.25) is 0 Å². The Hall–Kier alpha value is -6.45. The normalized spacial score (nSPS) is 10.5. The van der Waals surface area contributed by atoms with Gasteiger partial charge in [0.1, 0.15) is 44.0 Å². The monoisotopic (exact) mass is 938 g/mol. The number of carbonyl (C=O) groups excluding carboxylic acids is 1. The summed E-state index contributed by atoms with van der Waals surface area (Å²) in [6.07, 6.45) is 1.05. The van der Waals surface area contributed by atoms with Crippen LogP contribution in [0.4, 0.5) is 35.9 Å². The molecule has 7 rings (SSSR count). The molecule has 17 nitrogen and oxygen atoms in total. The van der Waals surface area contributed by atoms with Crippen LogP contribution in [-0.4, -0.2) is 50.8 Å². The van der Waals surface area contributed by atoms with Crippen molar-refractivity contribution in [2.45, 2.75) is 20.0 Å². The van der Waals surface area contributed by atoms with Crippen molar-refractivity contribution in [2.75, 3.05) is 16.5 Å². The molecule has 0 bridgehead atoms.